The lowest BCUT2D eigenvalue weighted by Gasteiger charge is -2.26. The first-order valence-corrected chi connectivity index (χ1v) is 11.8. The molecule has 0 radical (unpaired) electrons. The molecule has 0 spiro atoms. The number of sulfonamides is 1. The maximum absolute atomic E-state index is 12.8. The van der Waals surface area contributed by atoms with Gasteiger partial charge in [-0.1, -0.05) is 6.07 Å². The number of hydrogen-bond donors (Lipinski definition) is 2. The van der Waals surface area contributed by atoms with E-state index in [2.05, 4.69) is 10.6 Å². The number of carbonyl (C=O) groups is 2. The lowest BCUT2D eigenvalue weighted by atomic mass is 10.1. The van der Waals surface area contributed by atoms with Crippen LogP contribution in [0.25, 0.3) is 0 Å². The Bertz CT molecular complexity index is 1100. The second kappa shape index (κ2) is 8.38. The number of hydrogen-bond acceptors (Lipinski definition) is 6. The van der Waals surface area contributed by atoms with Gasteiger partial charge in [-0.05, 0) is 43.3 Å². The van der Waals surface area contributed by atoms with Crippen LogP contribution in [0.15, 0.2) is 52.3 Å². The fourth-order valence-corrected chi connectivity index (χ4v) is 5.61. The lowest BCUT2D eigenvalue weighted by Crippen LogP contribution is -2.40. The van der Waals surface area contributed by atoms with Crippen molar-refractivity contribution in [2.24, 2.45) is 0 Å². The highest BCUT2D eigenvalue weighted by Crippen LogP contribution is 2.36. The second-order valence-corrected chi connectivity index (χ2v) is 10.3. The SMILES string of the molecule is C[C@@H]1Sc2ccc(C(=O)Nc3cccc(S(=O)(=O)N4CCOCC4)c3)cc2NC1=O. The van der Waals surface area contributed by atoms with Gasteiger partial charge in [0, 0.05) is 29.2 Å². The molecule has 2 aromatic rings. The highest BCUT2D eigenvalue weighted by molar-refractivity contribution is 8.01. The molecule has 2 aliphatic heterocycles. The fourth-order valence-electron chi connectivity index (χ4n) is 3.22. The molecule has 0 bridgehead atoms. The van der Waals surface area contributed by atoms with Crippen LogP contribution in [0.4, 0.5) is 11.4 Å². The maximum Gasteiger partial charge on any atom is 0.255 e. The van der Waals surface area contributed by atoms with Crippen molar-refractivity contribution in [2.45, 2.75) is 22.0 Å². The number of carbonyl (C=O) groups excluding carboxylic acids is 2. The Morgan fingerprint density at radius 2 is 1.97 bits per heavy atom. The van der Waals surface area contributed by atoms with Crippen LogP contribution >= 0.6 is 11.8 Å². The van der Waals surface area contributed by atoms with Crippen LogP contribution in [0.2, 0.25) is 0 Å². The van der Waals surface area contributed by atoms with Gasteiger partial charge < -0.3 is 15.4 Å². The van der Waals surface area contributed by atoms with Crippen molar-refractivity contribution in [2.75, 3.05) is 36.9 Å². The molecule has 0 unspecified atom stereocenters. The van der Waals surface area contributed by atoms with E-state index in [1.54, 1.807) is 30.3 Å². The van der Waals surface area contributed by atoms with E-state index in [9.17, 15) is 18.0 Å². The summed E-state index contributed by atoms with van der Waals surface area (Å²) in [6, 6.07) is 11.3. The van der Waals surface area contributed by atoms with E-state index >= 15 is 0 Å². The molecule has 158 valence electrons. The number of morpholine rings is 1. The number of nitrogens with zero attached hydrogens (tertiary/aromatic N) is 1. The Labute approximate surface area is 179 Å². The normalized spacial score (nSPS) is 19.6. The summed E-state index contributed by atoms with van der Waals surface area (Å²) in [6.45, 7) is 3.15. The Morgan fingerprint density at radius 3 is 2.73 bits per heavy atom. The van der Waals surface area contributed by atoms with E-state index in [-0.39, 0.29) is 16.1 Å². The summed E-state index contributed by atoms with van der Waals surface area (Å²) in [6.07, 6.45) is 0. The van der Waals surface area contributed by atoms with Gasteiger partial charge in [0.15, 0.2) is 0 Å². The van der Waals surface area contributed by atoms with Gasteiger partial charge in [0.1, 0.15) is 0 Å². The maximum atomic E-state index is 12.8. The summed E-state index contributed by atoms with van der Waals surface area (Å²) in [5.41, 5.74) is 1.34. The molecule has 0 saturated carbocycles. The van der Waals surface area contributed by atoms with Crippen molar-refractivity contribution >= 4 is 45.0 Å². The molecule has 1 fully saturated rings. The first-order chi connectivity index (χ1) is 14.3. The molecular formula is C20H21N3O5S2. The standard InChI is InChI=1S/C20H21N3O5S2/c1-13-19(24)22-17-11-14(5-6-18(17)29-13)20(25)21-15-3-2-4-16(12-15)30(26,27)23-7-9-28-10-8-23/h2-6,11-13H,7-10H2,1H3,(H,21,25)(H,22,24)/t13-/m0/s1. The minimum atomic E-state index is -3.66. The third-order valence-corrected chi connectivity index (χ3v) is 7.94. The summed E-state index contributed by atoms with van der Waals surface area (Å²) < 4.78 is 32.3. The zero-order valence-electron chi connectivity index (χ0n) is 16.3. The number of ether oxygens (including phenoxy) is 1. The van der Waals surface area contributed by atoms with E-state index < -0.39 is 15.9 Å². The van der Waals surface area contributed by atoms with Crippen molar-refractivity contribution in [3.8, 4) is 0 Å². The Balaban J connectivity index is 1.52. The van der Waals surface area contributed by atoms with Crippen LogP contribution in [0.3, 0.4) is 0 Å². The van der Waals surface area contributed by atoms with E-state index in [4.69, 9.17) is 4.74 Å². The van der Waals surface area contributed by atoms with Crippen LogP contribution in [0, 0.1) is 0 Å². The smallest absolute Gasteiger partial charge is 0.255 e. The van der Waals surface area contributed by atoms with Crippen LogP contribution in [0.5, 0.6) is 0 Å². The summed E-state index contributed by atoms with van der Waals surface area (Å²) in [5, 5.41) is 5.35. The first kappa shape index (κ1) is 20.9. The van der Waals surface area contributed by atoms with Crippen molar-refractivity contribution in [3.63, 3.8) is 0 Å². The van der Waals surface area contributed by atoms with Gasteiger partial charge in [-0.15, -0.1) is 11.8 Å². The van der Waals surface area contributed by atoms with Crippen molar-refractivity contribution in [1.82, 2.24) is 4.31 Å². The van der Waals surface area contributed by atoms with Gasteiger partial charge in [0.05, 0.1) is 29.0 Å². The third-order valence-electron chi connectivity index (χ3n) is 4.87. The monoisotopic (exact) mass is 447 g/mol. The van der Waals surface area contributed by atoms with Gasteiger partial charge in [0.25, 0.3) is 5.91 Å². The number of amides is 2. The zero-order chi connectivity index (χ0) is 21.3. The summed E-state index contributed by atoms with van der Waals surface area (Å²) in [7, 11) is -3.66. The molecule has 2 aliphatic rings. The minimum Gasteiger partial charge on any atom is -0.379 e. The zero-order valence-corrected chi connectivity index (χ0v) is 17.9. The molecule has 0 aliphatic carbocycles. The van der Waals surface area contributed by atoms with Gasteiger partial charge in [-0.2, -0.15) is 4.31 Å². The van der Waals surface area contributed by atoms with Gasteiger partial charge in [-0.25, -0.2) is 8.42 Å². The molecule has 2 amide bonds. The molecule has 1 saturated heterocycles. The largest absolute Gasteiger partial charge is 0.379 e. The van der Waals surface area contributed by atoms with Crippen LogP contribution in [-0.4, -0.2) is 56.1 Å². The van der Waals surface area contributed by atoms with Gasteiger partial charge in [-0.3, -0.25) is 9.59 Å². The van der Waals surface area contributed by atoms with Gasteiger partial charge in [0.2, 0.25) is 15.9 Å². The summed E-state index contributed by atoms with van der Waals surface area (Å²) >= 11 is 1.44. The number of anilines is 2. The molecule has 1 atom stereocenters. The molecule has 2 heterocycles. The molecule has 2 N–H and O–H groups in total. The van der Waals surface area contributed by atoms with Crippen molar-refractivity contribution in [1.29, 1.82) is 0 Å². The molecule has 4 rings (SSSR count). The van der Waals surface area contributed by atoms with Crippen molar-refractivity contribution < 1.29 is 22.7 Å². The molecule has 8 nitrogen and oxygen atoms in total. The van der Waals surface area contributed by atoms with E-state index in [0.717, 1.165) is 4.90 Å². The molecule has 10 heteroatoms. The molecular weight excluding hydrogens is 426 g/mol. The highest BCUT2D eigenvalue weighted by atomic mass is 32.2. The fraction of sp³-hybridized carbons (Fsp3) is 0.300. The number of nitrogens with one attached hydrogen (secondary N) is 2. The number of thioether (sulfide) groups is 1. The van der Waals surface area contributed by atoms with E-state index in [1.165, 1.54) is 28.2 Å². The Kier molecular flexibility index (Phi) is 5.83. The molecule has 0 aromatic heterocycles. The predicted molar refractivity (Wildman–Crippen MR) is 114 cm³/mol. The van der Waals surface area contributed by atoms with Crippen LogP contribution < -0.4 is 10.6 Å². The predicted octanol–water partition coefficient (Wildman–Crippen LogP) is 2.39. The average Bonchev–Trinajstić information content (AvgIpc) is 2.75. The molecule has 2 aromatic carbocycles. The first-order valence-electron chi connectivity index (χ1n) is 9.45. The van der Waals surface area contributed by atoms with E-state index in [0.29, 0.717) is 43.2 Å². The topological polar surface area (TPSA) is 105 Å². The quantitative estimate of drug-likeness (QED) is 0.746. The lowest BCUT2D eigenvalue weighted by molar-refractivity contribution is -0.115. The minimum absolute atomic E-state index is 0.105. The Hall–Kier alpha value is -2.40. The highest BCUT2D eigenvalue weighted by Gasteiger charge is 2.27. The second-order valence-electron chi connectivity index (χ2n) is 6.96. The van der Waals surface area contributed by atoms with Crippen LogP contribution in [-0.2, 0) is 19.6 Å². The van der Waals surface area contributed by atoms with Gasteiger partial charge >= 0.3 is 0 Å². The van der Waals surface area contributed by atoms with E-state index in [1.807, 2.05) is 6.92 Å². The number of fused-ring (bicyclic) bond motifs is 1. The van der Waals surface area contributed by atoms with Crippen molar-refractivity contribution in [3.05, 3.63) is 48.0 Å². The number of rotatable bonds is 4. The third kappa shape index (κ3) is 4.22. The number of benzene rings is 2. The molecule has 30 heavy (non-hydrogen) atoms. The Morgan fingerprint density at radius 1 is 1.20 bits per heavy atom. The average molecular weight is 448 g/mol. The van der Waals surface area contributed by atoms with Crippen LogP contribution in [0.1, 0.15) is 17.3 Å². The summed E-state index contributed by atoms with van der Waals surface area (Å²) in [4.78, 5) is 25.6. The summed E-state index contributed by atoms with van der Waals surface area (Å²) in [5.74, 6) is -0.498.